The molecule has 0 bridgehead atoms. The number of para-hydroxylation sites is 1. The van der Waals surface area contributed by atoms with Gasteiger partial charge in [-0.15, -0.1) is 0 Å². The summed E-state index contributed by atoms with van der Waals surface area (Å²) in [6, 6.07) is 16.3. The van der Waals surface area contributed by atoms with Crippen LogP contribution in [0.15, 0.2) is 71.6 Å². The van der Waals surface area contributed by atoms with Crippen LogP contribution in [0.2, 0.25) is 5.02 Å². The minimum Gasteiger partial charge on any atom is -0.493 e. The van der Waals surface area contributed by atoms with Gasteiger partial charge in [0, 0.05) is 22.2 Å². The topological polar surface area (TPSA) is 76.7 Å². The molecule has 3 atom stereocenters. The number of ether oxygens (including phenoxy) is 2. The second kappa shape index (κ2) is 9.13. The zero-order chi connectivity index (χ0) is 24.7. The molecule has 2 N–H and O–H groups in total. The van der Waals surface area contributed by atoms with Crippen molar-refractivity contribution in [3.63, 3.8) is 0 Å². The molecule has 6 nitrogen and oxygen atoms in total. The molecule has 35 heavy (non-hydrogen) atoms. The summed E-state index contributed by atoms with van der Waals surface area (Å²) in [6.45, 7) is 1.79. The Bertz CT molecular complexity index is 1420. The Morgan fingerprint density at radius 3 is 2.60 bits per heavy atom. The van der Waals surface area contributed by atoms with Gasteiger partial charge in [0.2, 0.25) is 0 Å². The first-order valence-corrected chi connectivity index (χ1v) is 13.3. The summed E-state index contributed by atoms with van der Waals surface area (Å²) >= 11 is 6.18. The lowest BCUT2D eigenvalue weighted by molar-refractivity contribution is 0.341. The molecule has 0 unspecified atom stereocenters. The highest BCUT2D eigenvalue weighted by Gasteiger charge is 2.40. The number of benzene rings is 3. The lowest BCUT2D eigenvalue weighted by Crippen LogP contribution is -2.29. The number of sulfonamides is 1. The van der Waals surface area contributed by atoms with Crippen molar-refractivity contribution in [2.45, 2.75) is 30.2 Å². The lowest BCUT2D eigenvalue weighted by Gasteiger charge is -2.38. The SMILES string of the molecule is COc1cccc([C@H]2Nc3ccc(S(=O)(=O)Nc4cccc(Cl)c4C)cc3[C@H]3C=CC[C@H]32)c1OC. The predicted molar refractivity (Wildman–Crippen MR) is 139 cm³/mol. The van der Waals surface area contributed by atoms with Crippen LogP contribution in [0.25, 0.3) is 0 Å². The Balaban J connectivity index is 1.52. The first-order valence-electron chi connectivity index (χ1n) is 11.4. The average molecular weight is 511 g/mol. The van der Waals surface area contributed by atoms with E-state index < -0.39 is 10.0 Å². The number of hydrogen-bond donors (Lipinski definition) is 2. The lowest BCUT2D eigenvalue weighted by atomic mass is 9.77. The summed E-state index contributed by atoms with van der Waals surface area (Å²) in [5.74, 6) is 1.69. The predicted octanol–water partition coefficient (Wildman–Crippen LogP) is 6.29. The molecular weight excluding hydrogens is 484 g/mol. The zero-order valence-electron chi connectivity index (χ0n) is 19.7. The van der Waals surface area contributed by atoms with E-state index in [9.17, 15) is 8.42 Å². The molecule has 1 heterocycles. The van der Waals surface area contributed by atoms with E-state index in [0.717, 1.165) is 23.2 Å². The second-order valence-corrected chi connectivity index (χ2v) is 10.9. The van der Waals surface area contributed by atoms with Crippen LogP contribution in [0.1, 0.15) is 35.1 Å². The molecule has 5 rings (SSSR count). The van der Waals surface area contributed by atoms with Crippen molar-refractivity contribution in [3.05, 3.63) is 88.5 Å². The molecule has 0 radical (unpaired) electrons. The normalized spacial score (nSPS) is 20.5. The Hall–Kier alpha value is -3.16. The molecule has 0 aromatic heterocycles. The fourth-order valence-corrected chi connectivity index (χ4v) is 6.46. The number of anilines is 2. The van der Waals surface area contributed by atoms with Crippen molar-refractivity contribution >= 4 is 33.0 Å². The number of methoxy groups -OCH3 is 2. The highest BCUT2D eigenvalue weighted by atomic mass is 35.5. The van der Waals surface area contributed by atoms with Crippen LogP contribution in [0.4, 0.5) is 11.4 Å². The Morgan fingerprint density at radius 2 is 1.83 bits per heavy atom. The van der Waals surface area contributed by atoms with Crippen LogP contribution in [-0.2, 0) is 10.0 Å². The van der Waals surface area contributed by atoms with E-state index in [0.29, 0.717) is 27.8 Å². The van der Waals surface area contributed by atoms with Crippen LogP contribution in [0, 0.1) is 12.8 Å². The van der Waals surface area contributed by atoms with E-state index in [-0.39, 0.29) is 22.8 Å². The van der Waals surface area contributed by atoms with Gasteiger partial charge in [-0.1, -0.05) is 42.0 Å². The molecular formula is C27H27ClN2O4S. The van der Waals surface area contributed by atoms with Crippen molar-refractivity contribution in [2.24, 2.45) is 5.92 Å². The summed E-state index contributed by atoms with van der Waals surface area (Å²) in [5.41, 5.74) is 4.05. The van der Waals surface area contributed by atoms with Crippen molar-refractivity contribution in [1.82, 2.24) is 0 Å². The van der Waals surface area contributed by atoms with Gasteiger partial charge >= 0.3 is 0 Å². The van der Waals surface area contributed by atoms with Gasteiger partial charge in [0.05, 0.1) is 30.8 Å². The van der Waals surface area contributed by atoms with Gasteiger partial charge in [-0.2, -0.15) is 0 Å². The van der Waals surface area contributed by atoms with E-state index in [2.05, 4.69) is 28.3 Å². The first kappa shape index (κ1) is 23.6. The van der Waals surface area contributed by atoms with Crippen LogP contribution in [-0.4, -0.2) is 22.6 Å². The van der Waals surface area contributed by atoms with Crippen LogP contribution in [0.3, 0.4) is 0 Å². The molecule has 182 valence electrons. The van der Waals surface area contributed by atoms with E-state index in [1.807, 2.05) is 18.2 Å². The molecule has 8 heteroatoms. The molecule has 2 aliphatic rings. The average Bonchev–Trinajstić information content (AvgIpc) is 3.36. The van der Waals surface area contributed by atoms with Crippen LogP contribution >= 0.6 is 11.6 Å². The van der Waals surface area contributed by atoms with Crippen molar-refractivity contribution in [1.29, 1.82) is 0 Å². The number of nitrogens with one attached hydrogen (secondary N) is 2. The monoisotopic (exact) mass is 510 g/mol. The standard InChI is InChI=1S/C27H27ClN2O4S/c1-16-22(28)10-6-11-23(16)30-35(31,32)17-13-14-24-21(15-17)18-7-4-8-19(18)26(29-24)20-9-5-12-25(33-2)27(20)34-3/h4-7,9-15,18-19,26,29-30H,8H2,1-3H3/t18-,19+,26-/m0/s1. The van der Waals surface area contributed by atoms with Crippen LogP contribution in [0.5, 0.6) is 11.5 Å². The number of fused-ring (bicyclic) bond motifs is 3. The van der Waals surface area contributed by atoms with E-state index in [1.54, 1.807) is 51.5 Å². The Morgan fingerprint density at radius 1 is 1.03 bits per heavy atom. The Kier molecular flexibility index (Phi) is 6.15. The molecule has 1 aliphatic heterocycles. The van der Waals surface area contributed by atoms with Crippen molar-refractivity contribution in [2.75, 3.05) is 24.3 Å². The number of rotatable bonds is 6. The van der Waals surface area contributed by atoms with Crippen molar-refractivity contribution < 1.29 is 17.9 Å². The molecule has 3 aromatic rings. The molecule has 0 fully saturated rings. The Labute approximate surface area is 211 Å². The third-order valence-corrected chi connectivity index (χ3v) is 8.70. The minimum absolute atomic E-state index is 0.0118. The maximum Gasteiger partial charge on any atom is 0.261 e. The molecule has 0 saturated carbocycles. The van der Waals surface area contributed by atoms with Gasteiger partial charge in [0.15, 0.2) is 11.5 Å². The zero-order valence-corrected chi connectivity index (χ0v) is 21.3. The maximum atomic E-state index is 13.3. The van der Waals surface area contributed by atoms with E-state index in [1.165, 1.54) is 0 Å². The fraction of sp³-hybridized carbons (Fsp3) is 0.259. The quantitative estimate of drug-likeness (QED) is 0.381. The summed E-state index contributed by atoms with van der Waals surface area (Å²) in [4.78, 5) is 0.217. The van der Waals surface area contributed by atoms with Gasteiger partial charge in [-0.3, -0.25) is 4.72 Å². The first-order chi connectivity index (χ1) is 16.8. The number of halogens is 1. The second-order valence-electron chi connectivity index (χ2n) is 8.83. The largest absolute Gasteiger partial charge is 0.493 e. The summed E-state index contributed by atoms with van der Waals surface area (Å²) < 4.78 is 40.4. The van der Waals surface area contributed by atoms with E-state index >= 15 is 0 Å². The van der Waals surface area contributed by atoms with E-state index in [4.69, 9.17) is 21.1 Å². The molecule has 0 saturated heterocycles. The van der Waals surface area contributed by atoms with Crippen molar-refractivity contribution in [3.8, 4) is 11.5 Å². The fourth-order valence-electron chi connectivity index (χ4n) is 5.13. The highest BCUT2D eigenvalue weighted by Crippen LogP contribution is 2.52. The maximum absolute atomic E-state index is 13.3. The third-order valence-electron chi connectivity index (χ3n) is 6.93. The van der Waals surface area contributed by atoms with Crippen LogP contribution < -0.4 is 19.5 Å². The van der Waals surface area contributed by atoms with Gasteiger partial charge in [0.25, 0.3) is 10.0 Å². The number of hydrogen-bond acceptors (Lipinski definition) is 5. The smallest absolute Gasteiger partial charge is 0.261 e. The van der Waals surface area contributed by atoms with Gasteiger partial charge < -0.3 is 14.8 Å². The van der Waals surface area contributed by atoms with Gasteiger partial charge in [-0.25, -0.2) is 8.42 Å². The van der Waals surface area contributed by atoms with Gasteiger partial charge in [-0.05, 0) is 66.8 Å². The third kappa shape index (κ3) is 4.13. The molecule has 0 amide bonds. The summed E-state index contributed by atoms with van der Waals surface area (Å²) in [5, 5.41) is 4.16. The summed E-state index contributed by atoms with van der Waals surface area (Å²) in [6.07, 6.45) is 5.22. The van der Waals surface area contributed by atoms with Gasteiger partial charge in [0.1, 0.15) is 0 Å². The number of allylic oxidation sites excluding steroid dienone is 2. The molecule has 3 aromatic carbocycles. The highest BCUT2D eigenvalue weighted by molar-refractivity contribution is 7.92. The minimum atomic E-state index is -3.80. The summed E-state index contributed by atoms with van der Waals surface area (Å²) in [7, 11) is -0.519. The molecule has 1 aliphatic carbocycles. The molecule has 0 spiro atoms.